The molecule has 0 saturated heterocycles. The Morgan fingerprint density at radius 1 is 0.679 bits per heavy atom. The van der Waals surface area contributed by atoms with Gasteiger partial charge in [0, 0.05) is 32.0 Å². The number of rotatable bonds is 9. The normalized spacial score (nSPS) is 10.7. The maximum absolute atomic E-state index is 5.59. The summed E-state index contributed by atoms with van der Waals surface area (Å²) in [5.41, 5.74) is 3.45. The monoisotopic (exact) mass is 378 g/mol. The molecule has 1 heterocycles. The number of hydrogen-bond acceptors (Lipinski definition) is 5. The summed E-state index contributed by atoms with van der Waals surface area (Å²) >= 11 is 0. The highest BCUT2D eigenvalue weighted by Crippen LogP contribution is 2.30. The molecule has 0 N–H and O–H groups in total. The Morgan fingerprint density at radius 3 is 1.79 bits per heavy atom. The lowest BCUT2D eigenvalue weighted by atomic mass is 10.1. The molecule has 3 aromatic rings. The van der Waals surface area contributed by atoms with Gasteiger partial charge in [-0.3, -0.25) is 9.88 Å². The molecule has 0 unspecified atom stereocenters. The van der Waals surface area contributed by atoms with Gasteiger partial charge in [-0.1, -0.05) is 18.2 Å². The lowest BCUT2D eigenvalue weighted by Gasteiger charge is -2.25. The zero-order valence-electron chi connectivity index (χ0n) is 16.6. The first kappa shape index (κ1) is 19.7. The number of aromatic nitrogens is 1. The maximum atomic E-state index is 5.59. The van der Waals surface area contributed by atoms with Crippen LogP contribution in [0.2, 0.25) is 0 Å². The van der Waals surface area contributed by atoms with Crippen LogP contribution in [-0.2, 0) is 19.6 Å². The van der Waals surface area contributed by atoms with Gasteiger partial charge in [-0.15, -0.1) is 0 Å². The summed E-state index contributed by atoms with van der Waals surface area (Å²) < 4.78 is 16.4. The van der Waals surface area contributed by atoms with Gasteiger partial charge < -0.3 is 14.2 Å². The molecule has 0 aliphatic rings. The molecule has 5 nitrogen and oxygen atoms in total. The standard InChI is InChI=1S/C23H26N2O3/c1-26-20-9-7-18(8-10-20)15-25(16-19-11-13-24-14-12-19)17-21-22(27-2)5-4-6-23(21)28-3/h4-14H,15-17H2,1-3H3. The van der Waals surface area contributed by atoms with Crippen LogP contribution in [0.5, 0.6) is 17.2 Å². The van der Waals surface area contributed by atoms with E-state index in [2.05, 4.69) is 22.0 Å². The zero-order chi connectivity index (χ0) is 19.8. The van der Waals surface area contributed by atoms with E-state index >= 15 is 0 Å². The minimum absolute atomic E-state index is 0.696. The third-order valence-corrected chi connectivity index (χ3v) is 4.63. The van der Waals surface area contributed by atoms with E-state index in [4.69, 9.17) is 14.2 Å². The van der Waals surface area contributed by atoms with Crippen molar-refractivity contribution in [3.63, 3.8) is 0 Å². The highest BCUT2D eigenvalue weighted by atomic mass is 16.5. The van der Waals surface area contributed by atoms with Crippen LogP contribution < -0.4 is 14.2 Å². The molecule has 5 heteroatoms. The van der Waals surface area contributed by atoms with Crippen molar-refractivity contribution in [1.29, 1.82) is 0 Å². The molecule has 0 amide bonds. The fourth-order valence-corrected chi connectivity index (χ4v) is 3.21. The van der Waals surface area contributed by atoms with Crippen molar-refractivity contribution >= 4 is 0 Å². The molecule has 0 radical (unpaired) electrons. The first-order valence-electron chi connectivity index (χ1n) is 9.17. The van der Waals surface area contributed by atoms with Crippen LogP contribution in [0.3, 0.4) is 0 Å². The average molecular weight is 378 g/mol. The van der Waals surface area contributed by atoms with Crippen LogP contribution in [0.1, 0.15) is 16.7 Å². The van der Waals surface area contributed by atoms with Crippen LogP contribution >= 0.6 is 0 Å². The molecule has 28 heavy (non-hydrogen) atoms. The van der Waals surface area contributed by atoms with E-state index in [0.717, 1.165) is 35.9 Å². The van der Waals surface area contributed by atoms with Gasteiger partial charge in [0.2, 0.25) is 0 Å². The van der Waals surface area contributed by atoms with Crippen molar-refractivity contribution in [2.75, 3.05) is 21.3 Å². The minimum Gasteiger partial charge on any atom is -0.497 e. The lowest BCUT2D eigenvalue weighted by Crippen LogP contribution is -2.23. The van der Waals surface area contributed by atoms with E-state index in [9.17, 15) is 0 Å². The molecular weight excluding hydrogens is 352 g/mol. The summed E-state index contributed by atoms with van der Waals surface area (Å²) in [6.07, 6.45) is 3.65. The van der Waals surface area contributed by atoms with Crippen LogP contribution in [0.25, 0.3) is 0 Å². The van der Waals surface area contributed by atoms with Crippen LogP contribution in [0, 0.1) is 0 Å². The number of methoxy groups -OCH3 is 3. The van der Waals surface area contributed by atoms with Gasteiger partial charge in [-0.2, -0.15) is 0 Å². The van der Waals surface area contributed by atoms with Crippen molar-refractivity contribution in [3.8, 4) is 17.2 Å². The molecule has 0 bridgehead atoms. The summed E-state index contributed by atoms with van der Waals surface area (Å²) in [6.45, 7) is 2.27. The van der Waals surface area contributed by atoms with Gasteiger partial charge >= 0.3 is 0 Å². The number of hydrogen-bond donors (Lipinski definition) is 0. The summed E-state index contributed by atoms with van der Waals surface area (Å²) in [4.78, 5) is 6.48. The Kier molecular flexibility index (Phi) is 6.87. The third kappa shape index (κ3) is 5.02. The van der Waals surface area contributed by atoms with E-state index < -0.39 is 0 Å². The maximum Gasteiger partial charge on any atom is 0.127 e. The van der Waals surface area contributed by atoms with Gasteiger partial charge in [-0.25, -0.2) is 0 Å². The Morgan fingerprint density at radius 2 is 1.25 bits per heavy atom. The summed E-state index contributed by atoms with van der Waals surface area (Å²) in [5, 5.41) is 0. The van der Waals surface area contributed by atoms with Crippen molar-refractivity contribution < 1.29 is 14.2 Å². The van der Waals surface area contributed by atoms with Gasteiger partial charge in [0.25, 0.3) is 0 Å². The first-order valence-corrected chi connectivity index (χ1v) is 9.17. The number of benzene rings is 2. The highest BCUT2D eigenvalue weighted by molar-refractivity contribution is 5.44. The molecule has 0 saturated carbocycles. The van der Waals surface area contributed by atoms with E-state index in [0.29, 0.717) is 6.54 Å². The van der Waals surface area contributed by atoms with Crippen LogP contribution in [0.4, 0.5) is 0 Å². The number of pyridine rings is 1. The van der Waals surface area contributed by atoms with Crippen LogP contribution in [-0.4, -0.2) is 31.2 Å². The largest absolute Gasteiger partial charge is 0.497 e. The van der Waals surface area contributed by atoms with Gasteiger partial charge in [0.05, 0.1) is 26.9 Å². The second-order valence-electron chi connectivity index (χ2n) is 6.49. The molecule has 0 aliphatic heterocycles. The lowest BCUT2D eigenvalue weighted by molar-refractivity contribution is 0.239. The zero-order valence-corrected chi connectivity index (χ0v) is 16.6. The molecule has 146 valence electrons. The van der Waals surface area contributed by atoms with Crippen molar-refractivity contribution in [2.24, 2.45) is 0 Å². The molecule has 3 rings (SSSR count). The fourth-order valence-electron chi connectivity index (χ4n) is 3.21. The minimum atomic E-state index is 0.696. The van der Waals surface area contributed by atoms with Gasteiger partial charge in [-0.05, 0) is 47.5 Å². The second kappa shape index (κ2) is 9.76. The molecule has 2 aromatic carbocycles. The molecule has 0 aliphatic carbocycles. The summed E-state index contributed by atoms with van der Waals surface area (Å²) in [6, 6.07) is 18.1. The Labute approximate surface area is 166 Å². The topological polar surface area (TPSA) is 43.8 Å². The van der Waals surface area contributed by atoms with E-state index in [1.54, 1.807) is 21.3 Å². The number of ether oxygens (including phenoxy) is 3. The van der Waals surface area contributed by atoms with E-state index in [1.807, 2.05) is 54.9 Å². The summed E-state index contributed by atoms with van der Waals surface area (Å²) in [5.74, 6) is 2.51. The quantitative estimate of drug-likeness (QED) is 0.555. The molecule has 1 aromatic heterocycles. The molecule has 0 fully saturated rings. The third-order valence-electron chi connectivity index (χ3n) is 4.63. The highest BCUT2D eigenvalue weighted by Gasteiger charge is 2.16. The Balaban J connectivity index is 1.87. The van der Waals surface area contributed by atoms with Gasteiger partial charge in [0.1, 0.15) is 17.2 Å². The first-order chi connectivity index (χ1) is 13.7. The SMILES string of the molecule is COc1ccc(CN(Cc2ccncc2)Cc2c(OC)cccc2OC)cc1. The second-order valence-corrected chi connectivity index (χ2v) is 6.49. The van der Waals surface area contributed by atoms with Crippen molar-refractivity contribution in [3.05, 3.63) is 83.7 Å². The molecular formula is C23H26N2O3. The smallest absolute Gasteiger partial charge is 0.127 e. The molecule has 0 spiro atoms. The van der Waals surface area contributed by atoms with E-state index in [1.165, 1.54) is 11.1 Å². The Hall–Kier alpha value is -3.05. The van der Waals surface area contributed by atoms with Crippen molar-refractivity contribution in [2.45, 2.75) is 19.6 Å². The number of nitrogens with zero attached hydrogens (tertiary/aromatic N) is 2. The molecule has 0 atom stereocenters. The summed E-state index contributed by atoms with van der Waals surface area (Å²) in [7, 11) is 5.06. The predicted octanol–water partition coefficient (Wildman–Crippen LogP) is 4.31. The van der Waals surface area contributed by atoms with Crippen molar-refractivity contribution in [1.82, 2.24) is 9.88 Å². The average Bonchev–Trinajstić information content (AvgIpc) is 2.75. The van der Waals surface area contributed by atoms with E-state index in [-0.39, 0.29) is 0 Å². The fraction of sp³-hybridized carbons (Fsp3) is 0.261. The predicted molar refractivity (Wildman–Crippen MR) is 110 cm³/mol. The van der Waals surface area contributed by atoms with Gasteiger partial charge in [0.15, 0.2) is 0 Å². The van der Waals surface area contributed by atoms with Crippen LogP contribution in [0.15, 0.2) is 67.0 Å². The Bertz CT molecular complexity index is 845.